The van der Waals surface area contributed by atoms with Crippen molar-refractivity contribution in [3.05, 3.63) is 171 Å². The number of benzene rings is 5. The first-order chi connectivity index (χ1) is 25.4. The Labute approximate surface area is 317 Å². The normalized spacial score (nSPS) is 11.3. The van der Waals surface area contributed by atoms with E-state index in [-0.39, 0.29) is 5.97 Å². The summed E-state index contributed by atoms with van der Waals surface area (Å²) in [4.78, 5) is 27.5. The van der Waals surface area contributed by atoms with Gasteiger partial charge in [-0.15, -0.1) is 0 Å². The molecule has 2 aromatic heterocycles. The van der Waals surface area contributed by atoms with Gasteiger partial charge in [0, 0.05) is 46.3 Å². The van der Waals surface area contributed by atoms with Crippen LogP contribution in [-0.2, 0) is 38.7 Å². The summed E-state index contributed by atoms with van der Waals surface area (Å²) < 4.78 is 35.1. The molecule has 0 amide bonds. The summed E-state index contributed by atoms with van der Waals surface area (Å²) in [6, 6.07) is 34.0. The Kier molecular flexibility index (Phi) is 11.4. The van der Waals surface area contributed by atoms with Crippen LogP contribution in [0.1, 0.15) is 48.5 Å². The van der Waals surface area contributed by atoms with Crippen LogP contribution in [0.2, 0.25) is 10.0 Å². The van der Waals surface area contributed by atoms with Gasteiger partial charge in [-0.2, -0.15) is 0 Å². The maximum atomic E-state index is 12.1. The minimum Gasteiger partial charge on any atom is -0.465 e. The molecule has 5 aromatic carbocycles. The summed E-state index contributed by atoms with van der Waals surface area (Å²) in [5.74, 6) is -0.771. The molecule has 0 aliphatic rings. The quantitative estimate of drug-likeness (QED) is 0.147. The van der Waals surface area contributed by atoms with E-state index in [0.717, 1.165) is 49.6 Å². The maximum absolute atomic E-state index is 12.1. The van der Waals surface area contributed by atoms with E-state index in [0.29, 0.717) is 45.5 Å². The molecular formula is C42H36Cl2N2O6S. The number of hydrogen-bond acceptors (Lipinski definition) is 6. The average Bonchev–Trinajstić information content (AvgIpc) is 3.79. The smallest absolute Gasteiger partial charge is 0.338 e. The van der Waals surface area contributed by atoms with Gasteiger partial charge in [0.1, 0.15) is 0 Å². The molecule has 0 aliphatic carbocycles. The summed E-state index contributed by atoms with van der Waals surface area (Å²) in [7, 11) is -0.471. The second kappa shape index (κ2) is 16.1. The third-order valence-corrected chi connectivity index (χ3v) is 10.5. The van der Waals surface area contributed by atoms with E-state index in [2.05, 4.69) is 33.8 Å². The van der Waals surface area contributed by atoms with Crippen LogP contribution in [-0.4, -0.2) is 50.4 Å². The van der Waals surface area contributed by atoms with Crippen molar-refractivity contribution in [3.8, 4) is 0 Å². The molecule has 7 aromatic rings. The highest BCUT2D eigenvalue weighted by atomic mass is 35.5. The van der Waals surface area contributed by atoms with Gasteiger partial charge in [0.05, 0.1) is 30.2 Å². The van der Waals surface area contributed by atoms with E-state index in [1.807, 2.05) is 60.9 Å². The van der Waals surface area contributed by atoms with Crippen molar-refractivity contribution >= 4 is 66.8 Å². The second-order valence-electron chi connectivity index (χ2n) is 12.6. The Bertz CT molecular complexity index is 2560. The van der Waals surface area contributed by atoms with Crippen LogP contribution in [0.5, 0.6) is 0 Å². The van der Waals surface area contributed by atoms with Crippen molar-refractivity contribution in [1.82, 2.24) is 9.55 Å². The Hall–Kier alpha value is -5.35. The summed E-state index contributed by atoms with van der Waals surface area (Å²) in [6.45, 7) is 0.635. The minimum atomic E-state index is -3.20. The molecule has 8 nitrogen and oxygen atoms in total. The van der Waals surface area contributed by atoms with Gasteiger partial charge in [-0.05, 0) is 124 Å². The lowest BCUT2D eigenvalue weighted by atomic mass is 9.99. The van der Waals surface area contributed by atoms with Crippen molar-refractivity contribution in [2.45, 2.75) is 24.3 Å². The Morgan fingerprint density at radius 1 is 0.660 bits per heavy atom. The van der Waals surface area contributed by atoms with Gasteiger partial charge in [0.25, 0.3) is 0 Å². The number of halogens is 2. The lowest BCUT2D eigenvalue weighted by molar-refractivity contribution is 0.0590. The van der Waals surface area contributed by atoms with Gasteiger partial charge in [-0.3, -0.25) is 0 Å². The van der Waals surface area contributed by atoms with E-state index in [9.17, 15) is 18.0 Å². The van der Waals surface area contributed by atoms with E-state index in [4.69, 9.17) is 32.7 Å². The number of nitrogens with one attached hydrogen (secondary N) is 1. The van der Waals surface area contributed by atoms with E-state index in [1.165, 1.54) is 20.5 Å². The first-order valence-corrected chi connectivity index (χ1v) is 19.2. The third-order valence-electron chi connectivity index (χ3n) is 8.90. The van der Waals surface area contributed by atoms with Crippen molar-refractivity contribution in [3.63, 3.8) is 0 Å². The SMILES string of the molecule is COC(=O)c1cc(Cl)ccc1Cc1ccc2[nH]ccc2c1.COC(=O)c1cc(Cl)ccc1Cc1ccc2c(ccn2Cc2ccc(S(C)(=O)=O)cc2)c1. The molecule has 0 fully saturated rings. The van der Waals surface area contributed by atoms with Crippen LogP contribution in [0.15, 0.2) is 126 Å². The zero-order valence-electron chi connectivity index (χ0n) is 29.2. The van der Waals surface area contributed by atoms with Gasteiger partial charge in [0.15, 0.2) is 9.84 Å². The van der Waals surface area contributed by atoms with Crippen molar-refractivity contribution in [1.29, 1.82) is 0 Å². The first kappa shape index (κ1) is 37.4. The zero-order chi connectivity index (χ0) is 37.7. The molecule has 7 rings (SSSR count). The van der Waals surface area contributed by atoms with Crippen molar-refractivity contribution in [2.75, 3.05) is 20.5 Å². The zero-order valence-corrected chi connectivity index (χ0v) is 31.6. The number of methoxy groups -OCH3 is 2. The fourth-order valence-electron chi connectivity index (χ4n) is 6.19. The first-order valence-electron chi connectivity index (χ1n) is 16.6. The van der Waals surface area contributed by atoms with Crippen LogP contribution in [0.3, 0.4) is 0 Å². The molecule has 1 N–H and O–H groups in total. The lowest BCUT2D eigenvalue weighted by Gasteiger charge is -2.10. The number of H-pyrrole nitrogens is 1. The van der Waals surface area contributed by atoms with Crippen LogP contribution in [0, 0.1) is 0 Å². The number of carbonyl (C=O) groups is 2. The molecule has 0 saturated heterocycles. The molecule has 0 radical (unpaired) electrons. The van der Waals surface area contributed by atoms with Crippen LogP contribution in [0.25, 0.3) is 21.8 Å². The third kappa shape index (κ3) is 9.00. The van der Waals surface area contributed by atoms with Gasteiger partial charge < -0.3 is 19.0 Å². The summed E-state index contributed by atoms with van der Waals surface area (Å²) >= 11 is 12.0. The monoisotopic (exact) mass is 766 g/mol. The van der Waals surface area contributed by atoms with Crippen LogP contribution in [0.4, 0.5) is 0 Å². The number of sulfone groups is 1. The Morgan fingerprint density at radius 3 is 1.77 bits per heavy atom. The van der Waals surface area contributed by atoms with Gasteiger partial charge in [-0.25, -0.2) is 18.0 Å². The number of carbonyl (C=O) groups excluding carboxylic acids is 2. The number of nitrogens with zero attached hydrogens (tertiary/aromatic N) is 1. The second-order valence-corrected chi connectivity index (χ2v) is 15.5. The fraction of sp³-hybridized carbons (Fsp3) is 0.143. The molecule has 0 aliphatic heterocycles. The molecule has 11 heteroatoms. The largest absolute Gasteiger partial charge is 0.465 e. The molecule has 53 heavy (non-hydrogen) atoms. The topological polar surface area (TPSA) is 107 Å². The summed E-state index contributed by atoms with van der Waals surface area (Å²) in [6.07, 6.45) is 6.37. The number of ether oxygens (including phenoxy) is 2. The van der Waals surface area contributed by atoms with E-state index >= 15 is 0 Å². The number of esters is 2. The minimum absolute atomic E-state index is 0.316. The standard InChI is InChI=1S/C25H22ClNO4S.C17H14ClNO2/c1-31-25(28)23-15-21(26)7-6-19(23)13-18-5-10-24-20(14-18)11-12-27(24)16-17-3-8-22(9-4-17)32(2,29)30;1-21-17(20)15-10-14(18)4-3-12(15)8-11-2-5-16-13(9-11)6-7-19-16/h3-12,14-15H,13,16H2,1-2H3;2-7,9-10,19H,8H2,1H3. The number of rotatable bonds is 9. The fourth-order valence-corrected chi connectivity index (χ4v) is 7.17. The molecular weight excluding hydrogens is 731 g/mol. The van der Waals surface area contributed by atoms with Crippen LogP contribution < -0.4 is 0 Å². The highest BCUT2D eigenvalue weighted by Crippen LogP contribution is 2.25. The lowest BCUT2D eigenvalue weighted by Crippen LogP contribution is -2.06. The molecule has 2 heterocycles. The molecule has 0 atom stereocenters. The Morgan fingerprint density at radius 2 is 1.21 bits per heavy atom. The molecule has 270 valence electrons. The van der Waals surface area contributed by atoms with Crippen LogP contribution >= 0.6 is 23.2 Å². The van der Waals surface area contributed by atoms with Gasteiger partial charge >= 0.3 is 11.9 Å². The average molecular weight is 768 g/mol. The number of hydrogen-bond donors (Lipinski definition) is 1. The molecule has 0 unspecified atom stereocenters. The highest BCUT2D eigenvalue weighted by molar-refractivity contribution is 7.90. The molecule has 0 spiro atoms. The number of aromatic nitrogens is 2. The predicted molar refractivity (Wildman–Crippen MR) is 210 cm³/mol. The van der Waals surface area contributed by atoms with Crippen molar-refractivity contribution < 1.29 is 27.5 Å². The predicted octanol–water partition coefficient (Wildman–Crippen LogP) is 9.32. The number of fused-ring (bicyclic) bond motifs is 2. The van der Waals surface area contributed by atoms with Crippen molar-refractivity contribution in [2.24, 2.45) is 0 Å². The highest BCUT2D eigenvalue weighted by Gasteiger charge is 2.15. The Balaban J connectivity index is 0.000000198. The number of aromatic amines is 1. The summed E-state index contributed by atoms with van der Waals surface area (Å²) in [5.41, 5.74) is 8.13. The van der Waals surface area contributed by atoms with E-state index in [1.54, 1.807) is 36.4 Å². The van der Waals surface area contributed by atoms with E-state index < -0.39 is 15.8 Å². The van der Waals surface area contributed by atoms with Gasteiger partial charge in [-0.1, -0.05) is 59.6 Å². The maximum Gasteiger partial charge on any atom is 0.338 e. The molecule has 0 saturated carbocycles. The van der Waals surface area contributed by atoms with Gasteiger partial charge in [0.2, 0.25) is 0 Å². The summed E-state index contributed by atoms with van der Waals surface area (Å²) in [5, 5.41) is 3.26. The molecule has 0 bridgehead atoms.